The van der Waals surface area contributed by atoms with Crippen molar-refractivity contribution in [2.45, 2.75) is 69.9 Å². The van der Waals surface area contributed by atoms with E-state index in [1.807, 2.05) is 0 Å². The quantitative estimate of drug-likeness (QED) is 0.801. The second-order valence-corrected chi connectivity index (χ2v) is 6.27. The number of nitrogens with two attached hydrogens (primary N) is 1. The van der Waals surface area contributed by atoms with E-state index in [1.54, 1.807) is 0 Å². The lowest BCUT2D eigenvalue weighted by Crippen LogP contribution is -2.46. The molecule has 1 saturated heterocycles. The molecule has 2 rings (SSSR count). The van der Waals surface area contributed by atoms with Crippen LogP contribution in [-0.4, -0.2) is 30.7 Å². The van der Waals surface area contributed by atoms with Crippen molar-refractivity contribution in [1.82, 2.24) is 5.32 Å². The van der Waals surface area contributed by atoms with E-state index in [2.05, 4.69) is 12.2 Å². The summed E-state index contributed by atoms with van der Waals surface area (Å²) in [7, 11) is 0. The summed E-state index contributed by atoms with van der Waals surface area (Å²) in [6, 6.07) is 0. The van der Waals surface area contributed by atoms with E-state index in [9.17, 15) is 4.79 Å². The zero-order valence-electron chi connectivity index (χ0n) is 12.1. The summed E-state index contributed by atoms with van der Waals surface area (Å²) >= 11 is 0. The van der Waals surface area contributed by atoms with Crippen molar-refractivity contribution < 1.29 is 9.53 Å². The average Bonchev–Trinajstić information content (AvgIpc) is 2.84. The van der Waals surface area contributed by atoms with Crippen LogP contribution in [0, 0.1) is 5.92 Å². The van der Waals surface area contributed by atoms with E-state index in [1.165, 1.54) is 6.42 Å². The van der Waals surface area contributed by atoms with Gasteiger partial charge in [-0.25, -0.2) is 0 Å². The van der Waals surface area contributed by atoms with Gasteiger partial charge in [0.2, 0.25) is 5.91 Å². The van der Waals surface area contributed by atoms with Gasteiger partial charge in [0, 0.05) is 31.0 Å². The number of carbonyl (C=O) groups is 1. The van der Waals surface area contributed by atoms with Crippen LogP contribution >= 0.6 is 0 Å². The summed E-state index contributed by atoms with van der Waals surface area (Å²) in [5.74, 6) is 0.597. The van der Waals surface area contributed by atoms with Gasteiger partial charge in [-0.15, -0.1) is 0 Å². The van der Waals surface area contributed by atoms with Gasteiger partial charge in [-0.1, -0.05) is 26.2 Å². The van der Waals surface area contributed by atoms with Gasteiger partial charge in [0.25, 0.3) is 0 Å². The molecular weight excluding hydrogens is 240 g/mol. The fourth-order valence-electron chi connectivity index (χ4n) is 3.44. The molecule has 2 atom stereocenters. The lowest BCUT2D eigenvalue weighted by molar-refractivity contribution is -0.122. The standard InChI is InChI=1S/C15H28N2O2/c1-2-13-12(6-9-19-13)11-17-14(18)10-15(16)7-4-3-5-8-15/h12-13H,2-11,16H2,1H3,(H,17,18). The first-order valence-corrected chi connectivity index (χ1v) is 7.80. The maximum absolute atomic E-state index is 12.0. The van der Waals surface area contributed by atoms with Crippen molar-refractivity contribution in [3.05, 3.63) is 0 Å². The fraction of sp³-hybridized carbons (Fsp3) is 0.933. The molecule has 0 aromatic rings. The first-order chi connectivity index (χ1) is 9.13. The van der Waals surface area contributed by atoms with Crippen LogP contribution < -0.4 is 11.1 Å². The van der Waals surface area contributed by atoms with Crippen molar-refractivity contribution >= 4 is 5.91 Å². The number of carbonyl (C=O) groups excluding carboxylic acids is 1. The van der Waals surface area contributed by atoms with E-state index in [4.69, 9.17) is 10.5 Å². The summed E-state index contributed by atoms with van der Waals surface area (Å²) in [5.41, 5.74) is 6.06. The molecule has 2 unspecified atom stereocenters. The first kappa shape index (κ1) is 14.8. The van der Waals surface area contributed by atoms with Gasteiger partial charge in [-0.2, -0.15) is 0 Å². The van der Waals surface area contributed by atoms with Crippen LogP contribution in [0.4, 0.5) is 0 Å². The Bertz CT molecular complexity index is 301. The molecule has 1 aliphatic heterocycles. The van der Waals surface area contributed by atoms with E-state index in [0.717, 1.165) is 51.7 Å². The third-order valence-electron chi connectivity index (χ3n) is 4.67. The Morgan fingerprint density at radius 1 is 1.37 bits per heavy atom. The monoisotopic (exact) mass is 268 g/mol. The minimum Gasteiger partial charge on any atom is -0.378 e. The van der Waals surface area contributed by atoms with Crippen molar-refractivity contribution in [3.8, 4) is 0 Å². The molecule has 1 amide bonds. The molecular formula is C15H28N2O2. The predicted octanol–water partition coefficient (Wildman–Crippen LogP) is 1.97. The second-order valence-electron chi connectivity index (χ2n) is 6.27. The van der Waals surface area contributed by atoms with E-state index >= 15 is 0 Å². The zero-order valence-corrected chi connectivity index (χ0v) is 12.1. The third-order valence-corrected chi connectivity index (χ3v) is 4.67. The van der Waals surface area contributed by atoms with Gasteiger partial charge in [-0.3, -0.25) is 4.79 Å². The molecule has 0 bridgehead atoms. The summed E-state index contributed by atoms with van der Waals surface area (Å²) in [6.45, 7) is 3.72. The van der Waals surface area contributed by atoms with Crippen LogP contribution in [0.5, 0.6) is 0 Å². The van der Waals surface area contributed by atoms with Gasteiger partial charge in [0.1, 0.15) is 0 Å². The van der Waals surface area contributed by atoms with Crippen LogP contribution in [0.3, 0.4) is 0 Å². The fourth-order valence-corrected chi connectivity index (χ4v) is 3.44. The lowest BCUT2D eigenvalue weighted by Gasteiger charge is -2.33. The molecule has 1 saturated carbocycles. The average molecular weight is 268 g/mol. The molecule has 4 nitrogen and oxygen atoms in total. The molecule has 0 radical (unpaired) electrons. The van der Waals surface area contributed by atoms with Crippen LogP contribution in [0.15, 0.2) is 0 Å². The molecule has 110 valence electrons. The van der Waals surface area contributed by atoms with Crippen LogP contribution in [0.2, 0.25) is 0 Å². The van der Waals surface area contributed by atoms with Gasteiger partial charge in [0.05, 0.1) is 6.10 Å². The van der Waals surface area contributed by atoms with Crippen LogP contribution in [0.1, 0.15) is 58.3 Å². The van der Waals surface area contributed by atoms with Crippen LogP contribution in [0.25, 0.3) is 0 Å². The summed E-state index contributed by atoms with van der Waals surface area (Å²) in [5, 5.41) is 3.06. The lowest BCUT2D eigenvalue weighted by atomic mass is 9.80. The topological polar surface area (TPSA) is 64.3 Å². The molecule has 0 spiro atoms. The number of amides is 1. The molecule has 4 heteroatoms. The largest absolute Gasteiger partial charge is 0.378 e. The Morgan fingerprint density at radius 2 is 2.11 bits per heavy atom. The van der Waals surface area contributed by atoms with E-state index in [0.29, 0.717) is 18.4 Å². The molecule has 1 heterocycles. The highest BCUT2D eigenvalue weighted by atomic mass is 16.5. The van der Waals surface area contributed by atoms with Gasteiger partial charge in [-0.05, 0) is 25.7 Å². The minimum absolute atomic E-state index is 0.117. The number of ether oxygens (including phenoxy) is 1. The van der Waals surface area contributed by atoms with Crippen molar-refractivity contribution in [1.29, 1.82) is 0 Å². The Kier molecular flexibility index (Phi) is 5.22. The normalized spacial score (nSPS) is 30.2. The second kappa shape index (κ2) is 6.71. The molecule has 2 fully saturated rings. The van der Waals surface area contributed by atoms with Crippen molar-refractivity contribution in [2.24, 2.45) is 11.7 Å². The number of rotatable bonds is 5. The molecule has 0 aromatic heterocycles. The summed E-state index contributed by atoms with van der Waals surface area (Å²) in [4.78, 5) is 12.0. The number of hydrogen-bond donors (Lipinski definition) is 2. The predicted molar refractivity (Wildman–Crippen MR) is 75.8 cm³/mol. The van der Waals surface area contributed by atoms with Gasteiger partial charge in [0.15, 0.2) is 0 Å². The SMILES string of the molecule is CCC1OCCC1CNC(=O)CC1(N)CCCCC1. The molecule has 19 heavy (non-hydrogen) atoms. The Balaban J connectivity index is 1.72. The molecule has 1 aliphatic carbocycles. The van der Waals surface area contributed by atoms with Crippen molar-refractivity contribution in [2.75, 3.05) is 13.2 Å². The van der Waals surface area contributed by atoms with E-state index in [-0.39, 0.29) is 11.4 Å². The number of nitrogens with one attached hydrogen (secondary N) is 1. The highest BCUT2D eigenvalue weighted by molar-refractivity contribution is 5.77. The highest BCUT2D eigenvalue weighted by Crippen LogP contribution is 2.28. The Morgan fingerprint density at radius 3 is 2.79 bits per heavy atom. The maximum atomic E-state index is 12.0. The van der Waals surface area contributed by atoms with Gasteiger partial charge < -0.3 is 15.8 Å². The molecule has 2 aliphatic rings. The third kappa shape index (κ3) is 4.18. The zero-order chi connectivity index (χ0) is 13.7. The van der Waals surface area contributed by atoms with E-state index < -0.39 is 0 Å². The summed E-state index contributed by atoms with van der Waals surface area (Å²) < 4.78 is 5.64. The van der Waals surface area contributed by atoms with Gasteiger partial charge >= 0.3 is 0 Å². The maximum Gasteiger partial charge on any atom is 0.221 e. The molecule has 3 N–H and O–H groups in total. The Hall–Kier alpha value is -0.610. The highest BCUT2D eigenvalue weighted by Gasteiger charge is 2.31. The molecule has 0 aromatic carbocycles. The summed E-state index contributed by atoms with van der Waals surface area (Å²) in [6.07, 6.45) is 8.47. The van der Waals surface area contributed by atoms with Crippen molar-refractivity contribution in [3.63, 3.8) is 0 Å². The Labute approximate surface area is 116 Å². The number of hydrogen-bond acceptors (Lipinski definition) is 3. The minimum atomic E-state index is -0.251. The smallest absolute Gasteiger partial charge is 0.221 e. The van der Waals surface area contributed by atoms with Crippen LogP contribution in [-0.2, 0) is 9.53 Å². The first-order valence-electron chi connectivity index (χ1n) is 7.80.